The predicted octanol–water partition coefficient (Wildman–Crippen LogP) is 2.08. The quantitative estimate of drug-likeness (QED) is 0.895. The number of piperidine rings is 1. The van der Waals surface area contributed by atoms with Gasteiger partial charge in [0.25, 0.3) is 5.91 Å². The van der Waals surface area contributed by atoms with Crippen LogP contribution in [0.3, 0.4) is 0 Å². The monoisotopic (exact) mass is 345 g/mol. The first-order chi connectivity index (χ1) is 12.0. The molecule has 1 N–H and O–H groups in total. The SMILES string of the molecule is CCn1ccc(NC(=O)C[C@@H]2CCCN(C(=O)c3coc(C)n3)C2)n1. The van der Waals surface area contributed by atoms with E-state index in [0.29, 0.717) is 36.9 Å². The number of aryl methyl sites for hydroxylation is 2. The van der Waals surface area contributed by atoms with E-state index >= 15 is 0 Å². The maximum Gasteiger partial charge on any atom is 0.275 e. The summed E-state index contributed by atoms with van der Waals surface area (Å²) < 4.78 is 6.87. The molecule has 0 spiro atoms. The fraction of sp³-hybridized carbons (Fsp3) is 0.529. The average Bonchev–Trinajstić information content (AvgIpc) is 3.23. The van der Waals surface area contributed by atoms with Gasteiger partial charge in [0.1, 0.15) is 6.26 Å². The third-order valence-corrected chi connectivity index (χ3v) is 4.35. The third-order valence-electron chi connectivity index (χ3n) is 4.35. The first-order valence-electron chi connectivity index (χ1n) is 8.60. The van der Waals surface area contributed by atoms with E-state index in [1.165, 1.54) is 6.26 Å². The van der Waals surface area contributed by atoms with Gasteiger partial charge < -0.3 is 14.6 Å². The summed E-state index contributed by atoms with van der Waals surface area (Å²) in [7, 11) is 0. The van der Waals surface area contributed by atoms with E-state index in [2.05, 4.69) is 15.4 Å². The summed E-state index contributed by atoms with van der Waals surface area (Å²) >= 11 is 0. The molecule has 2 aromatic rings. The molecule has 2 aromatic heterocycles. The summed E-state index contributed by atoms with van der Waals surface area (Å²) in [5, 5.41) is 7.07. The molecule has 0 bridgehead atoms. The van der Waals surface area contributed by atoms with Gasteiger partial charge in [-0.1, -0.05) is 0 Å². The zero-order valence-corrected chi connectivity index (χ0v) is 14.6. The highest BCUT2D eigenvalue weighted by Gasteiger charge is 2.27. The molecule has 8 nitrogen and oxygen atoms in total. The number of aromatic nitrogens is 3. The van der Waals surface area contributed by atoms with E-state index in [-0.39, 0.29) is 17.7 Å². The first-order valence-corrected chi connectivity index (χ1v) is 8.60. The molecule has 25 heavy (non-hydrogen) atoms. The van der Waals surface area contributed by atoms with Crippen molar-refractivity contribution < 1.29 is 14.0 Å². The molecule has 134 valence electrons. The average molecular weight is 345 g/mol. The molecule has 1 fully saturated rings. The van der Waals surface area contributed by atoms with Gasteiger partial charge in [-0.05, 0) is 25.7 Å². The number of rotatable bonds is 5. The fourth-order valence-electron chi connectivity index (χ4n) is 3.10. The molecule has 0 aliphatic carbocycles. The molecule has 1 atom stereocenters. The molecule has 1 saturated heterocycles. The van der Waals surface area contributed by atoms with Crippen LogP contribution in [0.1, 0.15) is 42.6 Å². The van der Waals surface area contributed by atoms with Gasteiger partial charge in [-0.3, -0.25) is 14.3 Å². The van der Waals surface area contributed by atoms with Crippen LogP contribution in [-0.4, -0.2) is 44.6 Å². The van der Waals surface area contributed by atoms with E-state index in [1.54, 1.807) is 22.6 Å². The zero-order chi connectivity index (χ0) is 17.8. The van der Waals surface area contributed by atoms with Gasteiger partial charge in [-0.2, -0.15) is 5.10 Å². The minimum atomic E-state index is -0.136. The Morgan fingerprint density at radius 3 is 2.96 bits per heavy atom. The number of oxazole rings is 1. The zero-order valence-electron chi connectivity index (χ0n) is 14.6. The Hall–Kier alpha value is -2.64. The van der Waals surface area contributed by atoms with Gasteiger partial charge in [-0.15, -0.1) is 0 Å². The van der Waals surface area contributed by atoms with Crippen LogP contribution in [0.5, 0.6) is 0 Å². The lowest BCUT2D eigenvalue weighted by atomic mass is 9.94. The Morgan fingerprint density at radius 2 is 2.28 bits per heavy atom. The van der Waals surface area contributed by atoms with E-state index in [0.717, 1.165) is 19.4 Å². The van der Waals surface area contributed by atoms with Crippen molar-refractivity contribution in [2.75, 3.05) is 18.4 Å². The topological polar surface area (TPSA) is 93.3 Å². The van der Waals surface area contributed by atoms with E-state index in [9.17, 15) is 9.59 Å². The summed E-state index contributed by atoms with van der Waals surface area (Å²) in [6.45, 7) is 5.70. The second-order valence-electron chi connectivity index (χ2n) is 6.32. The Bertz CT molecular complexity index is 751. The van der Waals surface area contributed by atoms with Crippen molar-refractivity contribution in [1.82, 2.24) is 19.7 Å². The smallest absolute Gasteiger partial charge is 0.275 e. The minimum absolute atomic E-state index is 0.0714. The van der Waals surface area contributed by atoms with E-state index < -0.39 is 0 Å². The Kier molecular flexibility index (Phi) is 5.16. The Morgan fingerprint density at radius 1 is 1.44 bits per heavy atom. The minimum Gasteiger partial charge on any atom is -0.448 e. The third kappa shape index (κ3) is 4.26. The van der Waals surface area contributed by atoms with Crippen molar-refractivity contribution in [3.8, 4) is 0 Å². The first kappa shape index (κ1) is 17.2. The van der Waals surface area contributed by atoms with Crippen molar-refractivity contribution in [2.45, 2.75) is 39.7 Å². The van der Waals surface area contributed by atoms with Gasteiger partial charge in [0, 0.05) is 45.2 Å². The van der Waals surface area contributed by atoms with Crippen molar-refractivity contribution in [3.05, 3.63) is 30.1 Å². The van der Waals surface area contributed by atoms with Crippen LogP contribution in [0.25, 0.3) is 0 Å². The lowest BCUT2D eigenvalue weighted by Crippen LogP contribution is -2.41. The molecule has 0 unspecified atom stereocenters. The van der Waals surface area contributed by atoms with Gasteiger partial charge >= 0.3 is 0 Å². The van der Waals surface area contributed by atoms with Crippen LogP contribution in [-0.2, 0) is 11.3 Å². The van der Waals surface area contributed by atoms with Crippen molar-refractivity contribution in [1.29, 1.82) is 0 Å². The number of hydrogen-bond donors (Lipinski definition) is 1. The van der Waals surface area contributed by atoms with Gasteiger partial charge in [-0.25, -0.2) is 4.98 Å². The van der Waals surface area contributed by atoms with Crippen molar-refractivity contribution in [3.63, 3.8) is 0 Å². The molecular weight excluding hydrogens is 322 g/mol. The molecule has 3 rings (SSSR count). The Balaban J connectivity index is 1.54. The number of nitrogens with zero attached hydrogens (tertiary/aromatic N) is 4. The normalized spacial score (nSPS) is 17.5. The molecular formula is C17H23N5O3. The second kappa shape index (κ2) is 7.50. The van der Waals surface area contributed by atoms with E-state index in [1.807, 2.05) is 13.1 Å². The molecule has 2 amide bonds. The highest BCUT2D eigenvalue weighted by molar-refractivity contribution is 5.92. The van der Waals surface area contributed by atoms with Crippen LogP contribution < -0.4 is 5.32 Å². The molecule has 0 radical (unpaired) electrons. The van der Waals surface area contributed by atoms with Crippen LogP contribution in [0, 0.1) is 12.8 Å². The summed E-state index contributed by atoms with van der Waals surface area (Å²) in [5.74, 6) is 0.969. The second-order valence-corrected chi connectivity index (χ2v) is 6.32. The summed E-state index contributed by atoms with van der Waals surface area (Å²) in [6, 6.07) is 1.78. The summed E-state index contributed by atoms with van der Waals surface area (Å²) in [5.41, 5.74) is 0.327. The number of hydrogen-bond acceptors (Lipinski definition) is 5. The standard InChI is InChI=1S/C17H23N5O3/c1-3-22-8-6-15(20-22)19-16(23)9-13-5-4-7-21(10-13)17(24)14-11-25-12(2)18-14/h6,8,11,13H,3-5,7,9-10H2,1-2H3,(H,19,20,23)/t13-/m0/s1. The van der Waals surface area contributed by atoms with Crippen LogP contribution in [0.15, 0.2) is 22.9 Å². The maximum atomic E-state index is 12.5. The molecule has 3 heterocycles. The molecule has 0 saturated carbocycles. The van der Waals surface area contributed by atoms with Gasteiger partial charge in [0.15, 0.2) is 17.4 Å². The highest BCUT2D eigenvalue weighted by Crippen LogP contribution is 2.22. The molecule has 1 aliphatic rings. The largest absolute Gasteiger partial charge is 0.448 e. The number of anilines is 1. The Labute approximate surface area is 146 Å². The molecule has 8 heteroatoms. The van der Waals surface area contributed by atoms with E-state index in [4.69, 9.17) is 4.42 Å². The van der Waals surface area contributed by atoms with Crippen LogP contribution in [0.2, 0.25) is 0 Å². The lowest BCUT2D eigenvalue weighted by Gasteiger charge is -2.31. The number of likely N-dealkylation sites (tertiary alicyclic amines) is 1. The number of carbonyl (C=O) groups is 2. The number of carbonyl (C=O) groups excluding carboxylic acids is 2. The fourth-order valence-corrected chi connectivity index (χ4v) is 3.10. The molecule has 1 aliphatic heterocycles. The van der Waals surface area contributed by atoms with Crippen molar-refractivity contribution >= 4 is 17.6 Å². The van der Waals surface area contributed by atoms with Crippen LogP contribution in [0.4, 0.5) is 5.82 Å². The number of nitrogens with one attached hydrogen (secondary N) is 1. The van der Waals surface area contributed by atoms with Crippen LogP contribution >= 0.6 is 0 Å². The predicted molar refractivity (Wildman–Crippen MR) is 91.0 cm³/mol. The highest BCUT2D eigenvalue weighted by atomic mass is 16.3. The molecule has 0 aromatic carbocycles. The lowest BCUT2D eigenvalue weighted by molar-refractivity contribution is -0.117. The number of amides is 2. The summed E-state index contributed by atoms with van der Waals surface area (Å²) in [4.78, 5) is 30.5. The summed E-state index contributed by atoms with van der Waals surface area (Å²) in [6.07, 6.45) is 5.40. The van der Waals surface area contributed by atoms with Gasteiger partial charge in [0.2, 0.25) is 5.91 Å². The maximum absolute atomic E-state index is 12.5. The van der Waals surface area contributed by atoms with Gasteiger partial charge in [0.05, 0.1) is 0 Å². The van der Waals surface area contributed by atoms with Crippen molar-refractivity contribution in [2.24, 2.45) is 5.92 Å².